The molecular weight excluding hydrogens is 318 g/mol. The first-order valence-corrected chi connectivity index (χ1v) is 7.40. The number of aryl methyl sites for hydroxylation is 3. The van der Waals surface area contributed by atoms with E-state index in [-0.39, 0.29) is 5.91 Å². The standard InChI is InChI=1S/C15H18BrN3O/c1-10-5-6-13(16)8-14(10)15(20)17-7-3-4-12-9-18-19-11(12)2/h5-6,8-9H,3-4,7H2,1-2H3,(H,17,20)(H,18,19). The number of benzene rings is 1. The summed E-state index contributed by atoms with van der Waals surface area (Å²) in [5.74, 6) is -0.0206. The minimum Gasteiger partial charge on any atom is -0.352 e. The van der Waals surface area contributed by atoms with Gasteiger partial charge in [0.15, 0.2) is 0 Å². The van der Waals surface area contributed by atoms with E-state index in [1.807, 2.05) is 38.2 Å². The van der Waals surface area contributed by atoms with Crippen LogP contribution in [0.5, 0.6) is 0 Å². The van der Waals surface area contributed by atoms with Gasteiger partial charge < -0.3 is 5.32 Å². The first kappa shape index (κ1) is 14.8. The molecule has 1 aromatic heterocycles. The minimum absolute atomic E-state index is 0.0206. The molecule has 20 heavy (non-hydrogen) atoms. The highest BCUT2D eigenvalue weighted by Crippen LogP contribution is 2.16. The van der Waals surface area contributed by atoms with Gasteiger partial charge in [-0.25, -0.2) is 0 Å². The van der Waals surface area contributed by atoms with Crippen molar-refractivity contribution in [1.82, 2.24) is 15.5 Å². The zero-order chi connectivity index (χ0) is 14.5. The molecule has 0 atom stereocenters. The molecule has 0 saturated carbocycles. The van der Waals surface area contributed by atoms with Crippen LogP contribution in [-0.4, -0.2) is 22.6 Å². The van der Waals surface area contributed by atoms with E-state index < -0.39 is 0 Å². The third-order valence-corrected chi connectivity index (χ3v) is 3.78. The molecule has 5 heteroatoms. The Hall–Kier alpha value is -1.62. The summed E-state index contributed by atoms with van der Waals surface area (Å²) in [5, 5.41) is 9.86. The van der Waals surface area contributed by atoms with E-state index in [4.69, 9.17) is 0 Å². The van der Waals surface area contributed by atoms with E-state index in [1.54, 1.807) is 0 Å². The van der Waals surface area contributed by atoms with Crippen LogP contribution in [0.2, 0.25) is 0 Å². The van der Waals surface area contributed by atoms with Crippen LogP contribution in [-0.2, 0) is 6.42 Å². The maximum absolute atomic E-state index is 12.1. The van der Waals surface area contributed by atoms with Crippen molar-refractivity contribution in [3.8, 4) is 0 Å². The molecule has 106 valence electrons. The number of amides is 1. The lowest BCUT2D eigenvalue weighted by molar-refractivity contribution is 0.0952. The quantitative estimate of drug-likeness (QED) is 0.824. The van der Waals surface area contributed by atoms with Crippen LogP contribution in [0.25, 0.3) is 0 Å². The monoisotopic (exact) mass is 335 g/mol. The van der Waals surface area contributed by atoms with Gasteiger partial charge in [0, 0.05) is 22.3 Å². The topological polar surface area (TPSA) is 57.8 Å². The van der Waals surface area contributed by atoms with Crippen LogP contribution in [0.3, 0.4) is 0 Å². The average Bonchev–Trinajstić information content (AvgIpc) is 2.83. The molecule has 0 bridgehead atoms. The number of rotatable bonds is 5. The van der Waals surface area contributed by atoms with Crippen LogP contribution >= 0.6 is 15.9 Å². The highest BCUT2D eigenvalue weighted by atomic mass is 79.9. The summed E-state index contributed by atoms with van der Waals surface area (Å²) in [6.07, 6.45) is 3.66. The highest BCUT2D eigenvalue weighted by Gasteiger charge is 2.09. The molecule has 0 radical (unpaired) electrons. The van der Waals surface area contributed by atoms with Crippen molar-refractivity contribution in [2.75, 3.05) is 6.54 Å². The molecule has 0 unspecified atom stereocenters. The van der Waals surface area contributed by atoms with Gasteiger partial charge in [-0.2, -0.15) is 5.10 Å². The van der Waals surface area contributed by atoms with E-state index >= 15 is 0 Å². The summed E-state index contributed by atoms with van der Waals surface area (Å²) >= 11 is 3.39. The van der Waals surface area contributed by atoms with Gasteiger partial charge in [-0.1, -0.05) is 22.0 Å². The molecule has 0 aliphatic carbocycles. The predicted molar refractivity (Wildman–Crippen MR) is 82.9 cm³/mol. The average molecular weight is 336 g/mol. The lowest BCUT2D eigenvalue weighted by Gasteiger charge is -2.08. The maximum Gasteiger partial charge on any atom is 0.251 e. The Bertz CT molecular complexity index is 607. The zero-order valence-corrected chi connectivity index (χ0v) is 13.3. The fourth-order valence-corrected chi connectivity index (χ4v) is 2.40. The molecule has 1 heterocycles. The van der Waals surface area contributed by atoms with Gasteiger partial charge in [0.25, 0.3) is 5.91 Å². The molecule has 2 rings (SSSR count). The first-order valence-electron chi connectivity index (χ1n) is 6.61. The molecule has 0 saturated heterocycles. The normalized spacial score (nSPS) is 10.6. The Balaban J connectivity index is 1.83. The third-order valence-electron chi connectivity index (χ3n) is 3.29. The fraction of sp³-hybridized carbons (Fsp3) is 0.333. The van der Waals surface area contributed by atoms with Gasteiger partial charge >= 0.3 is 0 Å². The van der Waals surface area contributed by atoms with Crippen molar-refractivity contribution in [3.63, 3.8) is 0 Å². The molecular formula is C15H18BrN3O. The number of carbonyl (C=O) groups is 1. The Kier molecular flexibility index (Phi) is 4.95. The second kappa shape index (κ2) is 6.70. The molecule has 0 aliphatic rings. The van der Waals surface area contributed by atoms with Crippen molar-refractivity contribution >= 4 is 21.8 Å². The Morgan fingerprint density at radius 2 is 2.20 bits per heavy atom. The van der Waals surface area contributed by atoms with Gasteiger partial charge in [-0.05, 0) is 49.9 Å². The number of nitrogens with one attached hydrogen (secondary N) is 2. The minimum atomic E-state index is -0.0206. The number of hydrogen-bond acceptors (Lipinski definition) is 2. The van der Waals surface area contributed by atoms with Gasteiger partial charge in [0.1, 0.15) is 0 Å². The summed E-state index contributed by atoms with van der Waals surface area (Å²) in [4.78, 5) is 12.1. The number of aromatic nitrogens is 2. The van der Waals surface area contributed by atoms with Gasteiger partial charge in [-0.3, -0.25) is 9.89 Å². The Labute approximate surface area is 127 Å². The second-order valence-corrected chi connectivity index (χ2v) is 5.75. The van der Waals surface area contributed by atoms with Crippen LogP contribution in [0, 0.1) is 13.8 Å². The predicted octanol–water partition coefficient (Wildman–Crippen LogP) is 3.15. The summed E-state index contributed by atoms with van der Waals surface area (Å²) in [5.41, 5.74) is 4.01. The van der Waals surface area contributed by atoms with Gasteiger partial charge in [-0.15, -0.1) is 0 Å². The number of nitrogens with zero attached hydrogens (tertiary/aromatic N) is 1. The summed E-state index contributed by atoms with van der Waals surface area (Å²) in [6, 6.07) is 5.73. The first-order chi connectivity index (χ1) is 9.58. The van der Waals surface area contributed by atoms with Crippen molar-refractivity contribution in [2.24, 2.45) is 0 Å². The highest BCUT2D eigenvalue weighted by molar-refractivity contribution is 9.10. The second-order valence-electron chi connectivity index (χ2n) is 4.84. The van der Waals surface area contributed by atoms with Crippen molar-refractivity contribution in [3.05, 3.63) is 51.3 Å². The van der Waals surface area contributed by atoms with E-state index in [0.29, 0.717) is 6.54 Å². The number of H-pyrrole nitrogens is 1. The van der Waals surface area contributed by atoms with Gasteiger partial charge in [0.2, 0.25) is 0 Å². The summed E-state index contributed by atoms with van der Waals surface area (Å²) in [6.45, 7) is 4.61. The zero-order valence-electron chi connectivity index (χ0n) is 11.7. The van der Waals surface area contributed by atoms with Crippen LogP contribution < -0.4 is 5.32 Å². The van der Waals surface area contributed by atoms with E-state index in [9.17, 15) is 4.79 Å². The molecule has 0 spiro atoms. The van der Waals surface area contributed by atoms with E-state index in [1.165, 1.54) is 5.56 Å². The summed E-state index contributed by atoms with van der Waals surface area (Å²) in [7, 11) is 0. The lowest BCUT2D eigenvalue weighted by Crippen LogP contribution is -2.25. The number of halogens is 1. The van der Waals surface area contributed by atoms with Crippen LogP contribution in [0.15, 0.2) is 28.9 Å². The van der Waals surface area contributed by atoms with E-state index in [2.05, 4.69) is 31.4 Å². The number of hydrogen-bond donors (Lipinski definition) is 2. The molecule has 1 amide bonds. The fourth-order valence-electron chi connectivity index (χ4n) is 2.04. The molecule has 4 nitrogen and oxygen atoms in total. The third kappa shape index (κ3) is 3.70. The SMILES string of the molecule is Cc1ccc(Br)cc1C(=O)NCCCc1cn[nH]c1C. The largest absolute Gasteiger partial charge is 0.352 e. The van der Waals surface area contributed by atoms with Crippen molar-refractivity contribution < 1.29 is 4.79 Å². The van der Waals surface area contributed by atoms with Crippen LogP contribution in [0.4, 0.5) is 0 Å². The lowest BCUT2D eigenvalue weighted by atomic mass is 10.1. The van der Waals surface area contributed by atoms with Crippen LogP contribution in [0.1, 0.15) is 33.6 Å². The molecule has 1 aromatic carbocycles. The number of carbonyl (C=O) groups excluding carboxylic acids is 1. The van der Waals surface area contributed by atoms with E-state index in [0.717, 1.165) is 34.1 Å². The molecule has 0 aliphatic heterocycles. The van der Waals surface area contributed by atoms with Gasteiger partial charge in [0.05, 0.1) is 6.20 Å². The Morgan fingerprint density at radius 3 is 2.90 bits per heavy atom. The maximum atomic E-state index is 12.1. The smallest absolute Gasteiger partial charge is 0.251 e. The molecule has 2 aromatic rings. The van der Waals surface area contributed by atoms with Crippen molar-refractivity contribution in [1.29, 1.82) is 0 Å². The summed E-state index contributed by atoms with van der Waals surface area (Å²) < 4.78 is 0.919. The molecule has 0 fully saturated rings. The Morgan fingerprint density at radius 1 is 1.40 bits per heavy atom. The molecule has 2 N–H and O–H groups in total. The van der Waals surface area contributed by atoms with Crippen molar-refractivity contribution in [2.45, 2.75) is 26.7 Å². The number of aromatic amines is 1.